The summed E-state index contributed by atoms with van der Waals surface area (Å²) in [6, 6.07) is 1.36. The molecule has 13 heteroatoms. The van der Waals surface area contributed by atoms with Crippen molar-refractivity contribution in [2.75, 3.05) is 11.9 Å². The lowest BCUT2D eigenvalue weighted by Gasteiger charge is -2.10. The van der Waals surface area contributed by atoms with Crippen LogP contribution in [0.3, 0.4) is 0 Å². The zero-order valence-corrected chi connectivity index (χ0v) is 18.6. The molecule has 5 N–H and O–H groups in total. The number of carbonyl (C=O) groups is 2. The van der Waals surface area contributed by atoms with Gasteiger partial charge in [-0.3, -0.25) is 25.2 Å². The molecule has 4 rings (SSSR count). The molecular formula is C20H20N10O2S. The average molecular weight is 465 g/mol. The first kappa shape index (κ1) is 22.0. The largest absolute Gasteiger partial charge is 0.338 e. The molecule has 0 radical (unpaired) electrons. The number of hydrazine groups is 1. The third-order valence-corrected chi connectivity index (χ3v) is 5.39. The van der Waals surface area contributed by atoms with Crippen LogP contribution in [0.2, 0.25) is 0 Å². The third-order valence-electron chi connectivity index (χ3n) is 4.51. The van der Waals surface area contributed by atoms with E-state index >= 15 is 0 Å². The van der Waals surface area contributed by atoms with Crippen molar-refractivity contribution in [2.45, 2.75) is 6.92 Å². The second kappa shape index (κ2) is 9.50. The van der Waals surface area contributed by atoms with Gasteiger partial charge in [-0.05, 0) is 13.0 Å². The summed E-state index contributed by atoms with van der Waals surface area (Å²) >= 11 is 1.43. The topological polar surface area (TPSA) is 166 Å². The maximum atomic E-state index is 12.0. The minimum atomic E-state index is -0.546. The molecule has 4 heterocycles. The molecule has 0 aliphatic heterocycles. The number of anilines is 1. The molecule has 4 aromatic heterocycles. The summed E-state index contributed by atoms with van der Waals surface area (Å²) in [5, 5.41) is 12.2. The van der Waals surface area contributed by atoms with Gasteiger partial charge in [-0.1, -0.05) is 0 Å². The van der Waals surface area contributed by atoms with Crippen molar-refractivity contribution in [1.29, 1.82) is 0 Å². The van der Waals surface area contributed by atoms with Crippen molar-refractivity contribution in [3.63, 3.8) is 0 Å². The Morgan fingerprint density at radius 2 is 1.94 bits per heavy atom. The van der Waals surface area contributed by atoms with Gasteiger partial charge >= 0.3 is 6.03 Å². The molecule has 0 fully saturated rings. The lowest BCUT2D eigenvalue weighted by molar-refractivity contribution is 0.0948. The second-order valence-corrected chi connectivity index (χ2v) is 7.66. The van der Waals surface area contributed by atoms with Gasteiger partial charge in [0.15, 0.2) is 0 Å². The number of aromatic nitrogens is 6. The van der Waals surface area contributed by atoms with E-state index in [9.17, 15) is 9.59 Å². The van der Waals surface area contributed by atoms with E-state index in [4.69, 9.17) is 10.8 Å². The number of nitrogens with zero attached hydrogens (tertiary/aromatic N) is 6. The zero-order valence-electron chi connectivity index (χ0n) is 17.7. The number of pyridine rings is 1. The van der Waals surface area contributed by atoms with Crippen LogP contribution in [0.1, 0.15) is 17.4 Å². The van der Waals surface area contributed by atoms with E-state index in [0.29, 0.717) is 34.2 Å². The first-order valence-electron chi connectivity index (χ1n) is 9.81. The number of amides is 3. The molecule has 0 aliphatic carbocycles. The molecule has 0 aromatic carbocycles. The maximum absolute atomic E-state index is 12.0. The smallest absolute Gasteiger partial charge is 0.320 e. The number of hydrogen-bond donors (Lipinski definition) is 4. The van der Waals surface area contributed by atoms with Gasteiger partial charge in [-0.25, -0.2) is 25.6 Å². The van der Waals surface area contributed by atoms with E-state index in [1.54, 1.807) is 23.1 Å². The number of carbonyl (C=O) groups excluding carboxylic acids is 2. The number of thiazole rings is 1. The van der Waals surface area contributed by atoms with Crippen LogP contribution in [-0.2, 0) is 7.05 Å². The standard InChI is InChI=1S/C20H20N10O2S/c1-3-22-20(32)28-17-4-12(19-27-16(10-33-19)11-5-26-30(2)9-11)13(6-25-17)14-7-24-15(8-23-14)18(31)29-21/h4-10H,3,21H2,1-2H3,(H,29,31)(H2,22,25,28,32). The number of nitrogen functional groups attached to an aromatic ring is 1. The highest BCUT2D eigenvalue weighted by Crippen LogP contribution is 2.35. The first-order valence-corrected chi connectivity index (χ1v) is 10.7. The normalized spacial score (nSPS) is 10.6. The predicted molar refractivity (Wildman–Crippen MR) is 123 cm³/mol. The van der Waals surface area contributed by atoms with Crippen LogP contribution in [-0.4, -0.2) is 48.2 Å². The van der Waals surface area contributed by atoms with Crippen molar-refractivity contribution in [3.05, 3.63) is 48.1 Å². The highest BCUT2D eigenvalue weighted by molar-refractivity contribution is 7.13. The predicted octanol–water partition coefficient (Wildman–Crippen LogP) is 1.81. The summed E-state index contributed by atoms with van der Waals surface area (Å²) in [6.07, 6.45) is 7.97. The summed E-state index contributed by atoms with van der Waals surface area (Å²) in [5.74, 6) is 4.96. The fourth-order valence-electron chi connectivity index (χ4n) is 2.97. The van der Waals surface area contributed by atoms with Gasteiger partial charge in [0, 0.05) is 48.1 Å². The quantitative estimate of drug-likeness (QED) is 0.190. The number of urea groups is 1. The molecule has 0 atom stereocenters. The zero-order chi connectivity index (χ0) is 23.4. The Balaban J connectivity index is 1.76. The second-order valence-electron chi connectivity index (χ2n) is 6.80. The van der Waals surface area contributed by atoms with E-state index in [1.807, 2.05) is 31.0 Å². The third kappa shape index (κ3) is 4.83. The molecule has 0 saturated carbocycles. The average Bonchev–Trinajstić information content (AvgIpc) is 3.48. The van der Waals surface area contributed by atoms with Gasteiger partial charge in [-0.15, -0.1) is 11.3 Å². The highest BCUT2D eigenvalue weighted by Gasteiger charge is 2.17. The molecule has 4 aromatic rings. The minimum absolute atomic E-state index is 0.0818. The number of rotatable bonds is 6. The van der Waals surface area contributed by atoms with Crippen molar-refractivity contribution in [3.8, 4) is 33.1 Å². The molecule has 0 aliphatic rings. The lowest BCUT2D eigenvalue weighted by atomic mass is 10.1. The molecule has 12 nitrogen and oxygen atoms in total. The molecule has 0 unspecified atom stereocenters. The highest BCUT2D eigenvalue weighted by atomic mass is 32.1. The maximum Gasteiger partial charge on any atom is 0.320 e. The molecule has 0 bridgehead atoms. The van der Waals surface area contributed by atoms with E-state index in [1.165, 1.54) is 23.7 Å². The minimum Gasteiger partial charge on any atom is -0.338 e. The van der Waals surface area contributed by atoms with Crippen molar-refractivity contribution < 1.29 is 9.59 Å². The van der Waals surface area contributed by atoms with E-state index in [0.717, 1.165) is 11.3 Å². The first-order chi connectivity index (χ1) is 16.0. The van der Waals surface area contributed by atoms with Crippen LogP contribution in [0.15, 0.2) is 42.4 Å². The van der Waals surface area contributed by atoms with Gasteiger partial charge in [0.05, 0.1) is 30.0 Å². The fraction of sp³-hybridized carbons (Fsp3) is 0.150. The van der Waals surface area contributed by atoms with Crippen LogP contribution in [0, 0.1) is 0 Å². The summed E-state index contributed by atoms with van der Waals surface area (Å²) in [6.45, 7) is 2.31. The van der Waals surface area contributed by atoms with Gasteiger partial charge in [-0.2, -0.15) is 5.10 Å². The van der Waals surface area contributed by atoms with Crippen molar-refractivity contribution in [1.82, 2.24) is 40.5 Å². The van der Waals surface area contributed by atoms with Gasteiger partial charge in [0.2, 0.25) is 0 Å². The Morgan fingerprint density at radius 3 is 2.61 bits per heavy atom. The van der Waals surface area contributed by atoms with Crippen LogP contribution in [0.5, 0.6) is 0 Å². The van der Waals surface area contributed by atoms with Gasteiger partial charge < -0.3 is 5.32 Å². The molecule has 3 amide bonds. The van der Waals surface area contributed by atoms with E-state index in [-0.39, 0.29) is 11.7 Å². The molecule has 168 valence electrons. The monoisotopic (exact) mass is 464 g/mol. The Labute approximate surface area is 192 Å². The molecular weight excluding hydrogens is 444 g/mol. The van der Waals surface area contributed by atoms with Crippen LogP contribution in [0.25, 0.3) is 33.1 Å². The molecule has 0 spiro atoms. The number of aryl methyl sites for hydroxylation is 1. The fourth-order valence-corrected chi connectivity index (χ4v) is 3.83. The summed E-state index contributed by atoms with van der Waals surface area (Å²) < 4.78 is 1.70. The van der Waals surface area contributed by atoms with Gasteiger partial charge in [0.25, 0.3) is 5.91 Å². The summed E-state index contributed by atoms with van der Waals surface area (Å²) in [4.78, 5) is 41.2. The Morgan fingerprint density at radius 1 is 1.09 bits per heavy atom. The van der Waals surface area contributed by atoms with Gasteiger partial charge in [0.1, 0.15) is 16.5 Å². The Hall–Kier alpha value is -4.23. The Kier molecular flexibility index (Phi) is 6.33. The van der Waals surface area contributed by atoms with E-state index in [2.05, 4.69) is 30.7 Å². The SMILES string of the molecule is CCNC(=O)Nc1cc(-c2nc(-c3cnn(C)c3)cs2)c(-c2cnc(C(=O)NN)cn2)cn1. The van der Waals surface area contributed by atoms with Crippen LogP contribution in [0.4, 0.5) is 10.6 Å². The van der Waals surface area contributed by atoms with Crippen molar-refractivity contribution in [2.24, 2.45) is 12.9 Å². The molecule has 33 heavy (non-hydrogen) atoms. The Bertz CT molecular complexity index is 1300. The van der Waals surface area contributed by atoms with Crippen LogP contribution >= 0.6 is 11.3 Å². The van der Waals surface area contributed by atoms with Crippen molar-refractivity contribution >= 4 is 29.1 Å². The van der Waals surface area contributed by atoms with Crippen LogP contribution < -0.4 is 21.9 Å². The lowest BCUT2D eigenvalue weighted by Crippen LogP contribution is -2.30. The number of hydrogen-bond acceptors (Lipinski definition) is 9. The number of nitrogens with two attached hydrogens (primary N) is 1. The molecule has 0 saturated heterocycles. The van der Waals surface area contributed by atoms with E-state index < -0.39 is 5.91 Å². The summed E-state index contributed by atoms with van der Waals surface area (Å²) in [7, 11) is 1.84. The number of nitrogens with one attached hydrogen (secondary N) is 3. The summed E-state index contributed by atoms with van der Waals surface area (Å²) in [5.41, 5.74) is 5.56.